The van der Waals surface area contributed by atoms with Crippen molar-refractivity contribution >= 4 is 15.9 Å². The average Bonchev–Trinajstić information content (AvgIpc) is 2.21. The highest BCUT2D eigenvalue weighted by molar-refractivity contribution is 9.10. The maximum absolute atomic E-state index is 9.95. The van der Waals surface area contributed by atoms with Gasteiger partial charge >= 0.3 is 0 Å². The summed E-state index contributed by atoms with van der Waals surface area (Å²) in [5.74, 6) is 0. The minimum Gasteiger partial charge on any atom is -0.393 e. The minimum absolute atomic E-state index is 0.269. The molecule has 1 aromatic carbocycles. The third-order valence-electron chi connectivity index (χ3n) is 2.66. The van der Waals surface area contributed by atoms with Gasteiger partial charge < -0.3 is 9.84 Å². The van der Waals surface area contributed by atoms with Gasteiger partial charge in [0.25, 0.3) is 0 Å². The van der Waals surface area contributed by atoms with E-state index in [4.69, 9.17) is 4.74 Å². The Balaban J connectivity index is 2.51. The van der Waals surface area contributed by atoms with Gasteiger partial charge in [-0.2, -0.15) is 0 Å². The predicted molar refractivity (Wildman–Crippen MR) is 69.6 cm³/mol. The summed E-state index contributed by atoms with van der Waals surface area (Å²) in [7, 11) is 1.67. The Morgan fingerprint density at radius 2 is 1.88 bits per heavy atom. The molecule has 0 fully saturated rings. The van der Waals surface area contributed by atoms with Crippen molar-refractivity contribution in [3.05, 3.63) is 34.3 Å². The van der Waals surface area contributed by atoms with E-state index in [0.717, 1.165) is 10.0 Å². The molecule has 16 heavy (non-hydrogen) atoms. The Kier molecular flexibility index (Phi) is 4.96. The average molecular weight is 287 g/mol. The molecule has 1 rings (SSSR count). The maximum atomic E-state index is 9.95. The van der Waals surface area contributed by atoms with E-state index in [9.17, 15) is 5.11 Å². The van der Waals surface area contributed by atoms with Crippen molar-refractivity contribution in [3.63, 3.8) is 0 Å². The molecule has 3 heteroatoms. The highest BCUT2D eigenvalue weighted by atomic mass is 79.9. The molecule has 0 aromatic heterocycles. The van der Waals surface area contributed by atoms with E-state index in [1.165, 1.54) is 0 Å². The largest absolute Gasteiger partial charge is 0.393 e. The van der Waals surface area contributed by atoms with Crippen molar-refractivity contribution < 1.29 is 9.84 Å². The minimum atomic E-state index is -0.365. The zero-order valence-corrected chi connectivity index (χ0v) is 11.6. The first-order chi connectivity index (χ1) is 7.43. The zero-order chi connectivity index (χ0) is 12.2. The lowest BCUT2D eigenvalue weighted by Gasteiger charge is -2.25. The highest BCUT2D eigenvalue weighted by Crippen LogP contribution is 2.19. The van der Waals surface area contributed by atoms with Crippen LogP contribution in [-0.4, -0.2) is 23.9 Å². The number of methoxy groups -OCH3 is 1. The molecule has 0 heterocycles. The predicted octanol–water partition coefficient (Wildman–Crippen LogP) is 3.17. The van der Waals surface area contributed by atoms with E-state index in [0.29, 0.717) is 12.8 Å². The summed E-state index contributed by atoms with van der Waals surface area (Å²) < 4.78 is 6.36. The number of halogens is 1. The highest BCUT2D eigenvalue weighted by Gasteiger charge is 2.21. The van der Waals surface area contributed by atoms with Crippen LogP contribution in [0.5, 0.6) is 0 Å². The first kappa shape index (κ1) is 13.7. The molecular formula is C13H19BrO2. The molecule has 0 amide bonds. The van der Waals surface area contributed by atoms with E-state index >= 15 is 0 Å². The number of aliphatic hydroxyl groups is 1. The molecule has 1 N–H and O–H groups in total. The Hall–Kier alpha value is -0.380. The Bertz CT molecular complexity index is 319. The number of aliphatic hydroxyl groups excluding tert-OH is 1. The molecule has 0 aliphatic heterocycles. The zero-order valence-electron chi connectivity index (χ0n) is 10.0. The van der Waals surface area contributed by atoms with Gasteiger partial charge in [0.2, 0.25) is 0 Å². The number of ether oxygens (including phenoxy) is 1. The molecule has 1 unspecified atom stereocenters. The summed E-state index contributed by atoms with van der Waals surface area (Å²) in [6, 6.07) is 8.02. The van der Waals surface area contributed by atoms with Crippen LogP contribution in [0, 0.1) is 0 Å². The summed E-state index contributed by atoms with van der Waals surface area (Å²) in [6.45, 7) is 3.97. The monoisotopic (exact) mass is 286 g/mol. The van der Waals surface area contributed by atoms with E-state index < -0.39 is 0 Å². The van der Waals surface area contributed by atoms with Gasteiger partial charge in [0.05, 0.1) is 11.7 Å². The second-order valence-corrected chi connectivity index (χ2v) is 5.57. The summed E-state index contributed by atoms with van der Waals surface area (Å²) in [5.41, 5.74) is 0.872. The van der Waals surface area contributed by atoms with Crippen molar-refractivity contribution in [1.29, 1.82) is 0 Å². The Morgan fingerprint density at radius 1 is 1.31 bits per heavy atom. The van der Waals surface area contributed by atoms with Crippen LogP contribution < -0.4 is 0 Å². The van der Waals surface area contributed by atoms with Crippen LogP contribution in [0.2, 0.25) is 0 Å². The van der Waals surface area contributed by atoms with Gasteiger partial charge in [-0.05, 0) is 38.0 Å². The lowest BCUT2D eigenvalue weighted by molar-refractivity contribution is -0.0190. The lowest BCUT2D eigenvalue weighted by atomic mass is 9.96. The molecule has 0 spiro atoms. The van der Waals surface area contributed by atoms with E-state index in [1.807, 2.05) is 38.1 Å². The smallest absolute Gasteiger partial charge is 0.0647 e. The lowest BCUT2D eigenvalue weighted by Crippen LogP contribution is -2.29. The molecule has 0 radical (unpaired) electrons. The van der Waals surface area contributed by atoms with Crippen LogP contribution in [-0.2, 0) is 11.2 Å². The van der Waals surface area contributed by atoms with Gasteiger partial charge in [-0.15, -0.1) is 0 Å². The van der Waals surface area contributed by atoms with Crippen LogP contribution in [0.15, 0.2) is 28.7 Å². The molecule has 0 bridgehead atoms. The third kappa shape index (κ3) is 4.64. The summed E-state index contributed by atoms with van der Waals surface area (Å²) in [6.07, 6.45) is 0.940. The molecule has 1 atom stereocenters. The molecule has 0 saturated heterocycles. The Morgan fingerprint density at radius 3 is 2.38 bits per heavy atom. The van der Waals surface area contributed by atoms with Gasteiger partial charge in [-0.3, -0.25) is 0 Å². The fourth-order valence-electron chi connectivity index (χ4n) is 1.62. The van der Waals surface area contributed by atoms with Crippen LogP contribution in [0.25, 0.3) is 0 Å². The normalized spacial score (nSPS) is 13.8. The summed E-state index contributed by atoms with van der Waals surface area (Å²) in [4.78, 5) is 0. The summed E-state index contributed by atoms with van der Waals surface area (Å²) >= 11 is 3.39. The van der Waals surface area contributed by atoms with Crippen molar-refractivity contribution in [3.8, 4) is 0 Å². The standard InChI is InChI=1S/C13H19BrO2/c1-13(2,16-3)9-12(15)8-10-4-6-11(14)7-5-10/h4-7,12,15H,8-9H2,1-3H3. The van der Waals surface area contributed by atoms with Crippen LogP contribution in [0.1, 0.15) is 25.8 Å². The molecule has 0 saturated carbocycles. The van der Waals surface area contributed by atoms with Crippen LogP contribution >= 0.6 is 15.9 Å². The molecule has 1 aromatic rings. The second-order valence-electron chi connectivity index (χ2n) is 4.65. The van der Waals surface area contributed by atoms with Gasteiger partial charge in [0.15, 0.2) is 0 Å². The number of benzene rings is 1. The van der Waals surface area contributed by atoms with Gasteiger partial charge in [-0.1, -0.05) is 28.1 Å². The fourth-order valence-corrected chi connectivity index (χ4v) is 1.88. The van der Waals surface area contributed by atoms with Crippen LogP contribution in [0.4, 0.5) is 0 Å². The van der Waals surface area contributed by atoms with E-state index in [1.54, 1.807) is 7.11 Å². The first-order valence-electron chi connectivity index (χ1n) is 5.40. The Labute approximate surface area is 106 Å². The van der Waals surface area contributed by atoms with Crippen molar-refractivity contribution in [2.45, 2.75) is 38.4 Å². The molecule has 90 valence electrons. The third-order valence-corrected chi connectivity index (χ3v) is 3.19. The van der Waals surface area contributed by atoms with E-state index in [-0.39, 0.29) is 11.7 Å². The van der Waals surface area contributed by atoms with Crippen LogP contribution in [0.3, 0.4) is 0 Å². The van der Waals surface area contributed by atoms with Gasteiger partial charge in [0, 0.05) is 18.0 Å². The maximum Gasteiger partial charge on any atom is 0.0647 e. The van der Waals surface area contributed by atoms with Crippen molar-refractivity contribution in [1.82, 2.24) is 0 Å². The second kappa shape index (κ2) is 5.80. The molecular weight excluding hydrogens is 268 g/mol. The van der Waals surface area contributed by atoms with Crippen molar-refractivity contribution in [2.75, 3.05) is 7.11 Å². The fraction of sp³-hybridized carbons (Fsp3) is 0.538. The molecule has 2 nitrogen and oxygen atoms in total. The first-order valence-corrected chi connectivity index (χ1v) is 6.20. The number of hydrogen-bond acceptors (Lipinski definition) is 2. The number of hydrogen-bond donors (Lipinski definition) is 1. The van der Waals surface area contributed by atoms with Gasteiger partial charge in [-0.25, -0.2) is 0 Å². The SMILES string of the molecule is COC(C)(C)CC(O)Cc1ccc(Br)cc1. The molecule has 0 aliphatic carbocycles. The molecule has 0 aliphatic rings. The van der Waals surface area contributed by atoms with Gasteiger partial charge in [0.1, 0.15) is 0 Å². The van der Waals surface area contributed by atoms with E-state index in [2.05, 4.69) is 15.9 Å². The quantitative estimate of drug-likeness (QED) is 0.901. The van der Waals surface area contributed by atoms with Crippen molar-refractivity contribution in [2.24, 2.45) is 0 Å². The summed E-state index contributed by atoms with van der Waals surface area (Å²) in [5, 5.41) is 9.95. The topological polar surface area (TPSA) is 29.5 Å². The number of rotatable bonds is 5.